The molecule has 2 N–H and O–H groups in total. The van der Waals surface area contributed by atoms with E-state index in [0.717, 1.165) is 24.3 Å². The molecule has 1 aromatic carbocycles. The Morgan fingerprint density at radius 1 is 1.22 bits per heavy atom. The number of ether oxygens (including phenoxy) is 2. The van der Waals surface area contributed by atoms with E-state index in [1.54, 1.807) is 14.2 Å². The highest BCUT2D eigenvalue weighted by Crippen LogP contribution is 2.18. The van der Waals surface area contributed by atoms with Gasteiger partial charge in [0.1, 0.15) is 17.6 Å². The lowest BCUT2D eigenvalue weighted by Gasteiger charge is -2.32. The van der Waals surface area contributed by atoms with Crippen LogP contribution in [0.25, 0.3) is 0 Å². The Labute approximate surface area is 159 Å². The summed E-state index contributed by atoms with van der Waals surface area (Å²) in [7, 11) is 3.35. The zero-order valence-corrected chi connectivity index (χ0v) is 16.3. The van der Waals surface area contributed by atoms with Crippen molar-refractivity contribution in [3.63, 3.8) is 0 Å². The van der Waals surface area contributed by atoms with Gasteiger partial charge in [0.05, 0.1) is 20.2 Å². The van der Waals surface area contributed by atoms with E-state index in [1.165, 1.54) is 0 Å². The molecule has 1 saturated heterocycles. The maximum atomic E-state index is 12.4. The summed E-state index contributed by atoms with van der Waals surface area (Å²) in [5.74, 6) is 2.27. The number of hydrogen-bond donors (Lipinski definition) is 2. The van der Waals surface area contributed by atoms with Crippen LogP contribution in [0.1, 0.15) is 19.8 Å². The molecule has 1 aliphatic rings. The fraction of sp³-hybridized carbons (Fsp3) is 0.632. The number of nitrogens with one attached hydrogen (secondary N) is 2. The number of methoxy groups -OCH3 is 1. The first-order valence-corrected chi connectivity index (χ1v) is 9.28. The Morgan fingerprint density at radius 3 is 2.41 bits per heavy atom. The van der Waals surface area contributed by atoms with Crippen molar-refractivity contribution in [2.75, 3.05) is 40.3 Å². The van der Waals surface area contributed by atoms with Crippen molar-refractivity contribution in [1.29, 1.82) is 0 Å². The van der Waals surface area contributed by atoms with Crippen LogP contribution in [0.15, 0.2) is 29.3 Å². The van der Waals surface area contributed by atoms with Gasteiger partial charge < -0.3 is 20.1 Å². The molecule has 1 aliphatic heterocycles. The molecule has 0 aliphatic carbocycles. The van der Waals surface area contributed by atoms with Crippen molar-refractivity contribution >= 4 is 5.96 Å². The molecular weight excluding hydrogens is 354 g/mol. The average molecular weight is 384 g/mol. The molecule has 1 fully saturated rings. The molecule has 1 heterocycles. The van der Waals surface area contributed by atoms with Gasteiger partial charge in [-0.05, 0) is 44.0 Å². The minimum Gasteiger partial charge on any atom is -0.497 e. The molecule has 0 radical (unpaired) electrons. The first-order chi connectivity index (χ1) is 13.0. The molecule has 1 atom stereocenters. The lowest BCUT2D eigenvalue weighted by molar-refractivity contribution is 0.0744. The summed E-state index contributed by atoms with van der Waals surface area (Å²) < 4.78 is 35.9. The van der Waals surface area contributed by atoms with Crippen LogP contribution in [-0.4, -0.2) is 69.8 Å². The molecule has 6 nitrogen and oxygen atoms in total. The van der Waals surface area contributed by atoms with E-state index in [4.69, 9.17) is 9.47 Å². The Bertz CT molecular complexity index is 576. The maximum Gasteiger partial charge on any atom is 0.251 e. The third-order valence-corrected chi connectivity index (χ3v) is 4.50. The molecule has 0 saturated carbocycles. The third kappa shape index (κ3) is 7.58. The zero-order chi connectivity index (χ0) is 19.6. The predicted molar refractivity (Wildman–Crippen MR) is 103 cm³/mol. The molecule has 1 aromatic rings. The molecule has 0 bridgehead atoms. The van der Waals surface area contributed by atoms with Crippen LogP contribution in [0.2, 0.25) is 0 Å². The maximum absolute atomic E-state index is 12.4. The predicted octanol–water partition coefficient (Wildman–Crippen LogP) is 2.36. The standard InChI is InChI=1S/C19H30F2N4O2/c1-14(27-17-6-4-16(26-3)5-7-17)12-23-19(22-2)24-15-8-10-25(11-9-15)13-18(20)21/h4-7,14-15,18H,8-13H2,1-3H3,(H2,22,23,24). The number of piperidine rings is 1. The van der Waals surface area contributed by atoms with Crippen molar-refractivity contribution in [3.05, 3.63) is 24.3 Å². The van der Waals surface area contributed by atoms with Crippen LogP contribution >= 0.6 is 0 Å². The topological polar surface area (TPSA) is 58.1 Å². The number of alkyl halides is 2. The van der Waals surface area contributed by atoms with Gasteiger partial charge in [0.25, 0.3) is 6.43 Å². The number of halogens is 2. The van der Waals surface area contributed by atoms with Gasteiger partial charge in [0, 0.05) is 26.2 Å². The third-order valence-electron chi connectivity index (χ3n) is 4.50. The van der Waals surface area contributed by atoms with Crippen LogP contribution in [0.5, 0.6) is 11.5 Å². The Balaban J connectivity index is 1.70. The van der Waals surface area contributed by atoms with Crippen molar-refractivity contribution in [3.8, 4) is 11.5 Å². The number of rotatable bonds is 8. The quantitative estimate of drug-likeness (QED) is 0.532. The van der Waals surface area contributed by atoms with Crippen LogP contribution in [0, 0.1) is 0 Å². The highest BCUT2D eigenvalue weighted by molar-refractivity contribution is 5.80. The fourth-order valence-corrected chi connectivity index (χ4v) is 3.01. The van der Waals surface area contributed by atoms with E-state index >= 15 is 0 Å². The zero-order valence-electron chi connectivity index (χ0n) is 16.3. The number of nitrogens with zero attached hydrogens (tertiary/aromatic N) is 2. The fourth-order valence-electron chi connectivity index (χ4n) is 3.01. The summed E-state index contributed by atoms with van der Waals surface area (Å²) in [5, 5.41) is 6.62. The van der Waals surface area contributed by atoms with E-state index in [-0.39, 0.29) is 18.7 Å². The Kier molecular flexibility index (Phi) is 8.57. The van der Waals surface area contributed by atoms with Gasteiger partial charge in [-0.1, -0.05) is 0 Å². The largest absolute Gasteiger partial charge is 0.497 e. The van der Waals surface area contributed by atoms with E-state index in [2.05, 4.69) is 15.6 Å². The van der Waals surface area contributed by atoms with Gasteiger partial charge in [-0.15, -0.1) is 0 Å². The lowest BCUT2D eigenvalue weighted by Crippen LogP contribution is -2.50. The summed E-state index contributed by atoms with van der Waals surface area (Å²) in [4.78, 5) is 6.05. The van der Waals surface area contributed by atoms with Crippen LogP contribution in [-0.2, 0) is 0 Å². The van der Waals surface area contributed by atoms with Gasteiger partial charge in [-0.25, -0.2) is 8.78 Å². The number of likely N-dealkylation sites (tertiary alicyclic amines) is 1. The monoisotopic (exact) mass is 384 g/mol. The Morgan fingerprint density at radius 2 is 1.85 bits per heavy atom. The minimum absolute atomic E-state index is 0.0511. The van der Waals surface area contributed by atoms with E-state index in [1.807, 2.05) is 36.1 Å². The highest BCUT2D eigenvalue weighted by atomic mass is 19.3. The SMILES string of the molecule is CN=C(NCC(C)Oc1ccc(OC)cc1)NC1CCN(CC(F)F)CC1. The molecule has 152 valence electrons. The molecule has 0 spiro atoms. The molecule has 27 heavy (non-hydrogen) atoms. The number of aliphatic imine (C=N–C) groups is 1. The summed E-state index contributed by atoms with van der Waals surface area (Å²) in [6.07, 6.45) is -0.669. The Hall–Kier alpha value is -2.09. The molecule has 2 rings (SSSR count). The van der Waals surface area contributed by atoms with Crippen LogP contribution < -0.4 is 20.1 Å². The number of benzene rings is 1. The summed E-state index contributed by atoms with van der Waals surface area (Å²) >= 11 is 0. The highest BCUT2D eigenvalue weighted by Gasteiger charge is 2.22. The molecule has 0 aromatic heterocycles. The first-order valence-electron chi connectivity index (χ1n) is 9.28. The van der Waals surface area contributed by atoms with Gasteiger partial charge in [0.2, 0.25) is 0 Å². The van der Waals surface area contributed by atoms with E-state index in [9.17, 15) is 8.78 Å². The molecule has 0 amide bonds. The van der Waals surface area contributed by atoms with E-state index < -0.39 is 6.43 Å². The number of hydrogen-bond acceptors (Lipinski definition) is 4. The summed E-state index contributed by atoms with van der Waals surface area (Å²) in [5.41, 5.74) is 0. The van der Waals surface area contributed by atoms with Gasteiger partial charge in [-0.2, -0.15) is 0 Å². The average Bonchev–Trinajstić information content (AvgIpc) is 2.66. The van der Waals surface area contributed by atoms with E-state index in [0.29, 0.717) is 25.6 Å². The van der Waals surface area contributed by atoms with Crippen molar-refractivity contribution in [1.82, 2.24) is 15.5 Å². The van der Waals surface area contributed by atoms with Crippen molar-refractivity contribution < 1.29 is 18.3 Å². The normalized spacial score (nSPS) is 17.6. The van der Waals surface area contributed by atoms with Crippen molar-refractivity contribution in [2.24, 2.45) is 4.99 Å². The molecule has 8 heteroatoms. The van der Waals surface area contributed by atoms with Gasteiger partial charge >= 0.3 is 0 Å². The van der Waals surface area contributed by atoms with Crippen LogP contribution in [0.4, 0.5) is 8.78 Å². The second-order valence-electron chi connectivity index (χ2n) is 6.67. The molecular formula is C19H30F2N4O2. The summed E-state index contributed by atoms with van der Waals surface area (Å²) in [6.45, 7) is 3.79. The van der Waals surface area contributed by atoms with Crippen LogP contribution in [0.3, 0.4) is 0 Å². The second-order valence-corrected chi connectivity index (χ2v) is 6.67. The smallest absolute Gasteiger partial charge is 0.251 e. The summed E-state index contributed by atoms with van der Waals surface area (Å²) in [6, 6.07) is 7.70. The van der Waals surface area contributed by atoms with Crippen molar-refractivity contribution in [2.45, 2.75) is 38.3 Å². The first kappa shape index (κ1) is 21.2. The van der Waals surface area contributed by atoms with Gasteiger partial charge in [-0.3, -0.25) is 9.89 Å². The second kappa shape index (κ2) is 10.9. The molecule has 1 unspecified atom stereocenters. The number of guanidine groups is 1. The minimum atomic E-state index is -2.27. The van der Waals surface area contributed by atoms with Gasteiger partial charge in [0.15, 0.2) is 5.96 Å². The lowest BCUT2D eigenvalue weighted by atomic mass is 10.1.